The Labute approximate surface area is 93.7 Å². The van der Waals surface area contributed by atoms with Crippen molar-refractivity contribution >= 4 is 0 Å². The molecule has 2 rings (SSSR count). The smallest absolute Gasteiger partial charge is 0.129 e. The summed E-state index contributed by atoms with van der Waals surface area (Å²) in [7, 11) is 1.59. The van der Waals surface area contributed by atoms with Crippen molar-refractivity contribution in [3.05, 3.63) is 48.0 Å². The predicted molar refractivity (Wildman–Crippen MR) is 60.9 cm³/mol. The van der Waals surface area contributed by atoms with Crippen LogP contribution in [0.3, 0.4) is 0 Å². The van der Waals surface area contributed by atoms with Gasteiger partial charge in [-0.2, -0.15) is 0 Å². The molecule has 16 heavy (non-hydrogen) atoms. The first-order chi connectivity index (χ1) is 7.72. The van der Waals surface area contributed by atoms with Gasteiger partial charge < -0.3 is 4.74 Å². The molecule has 1 aromatic carbocycles. The van der Waals surface area contributed by atoms with E-state index in [1.165, 1.54) is 12.1 Å². The van der Waals surface area contributed by atoms with Crippen molar-refractivity contribution in [1.29, 1.82) is 0 Å². The van der Waals surface area contributed by atoms with Crippen molar-refractivity contribution in [2.45, 2.75) is 6.92 Å². The van der Waals surface area contributed by atoms with Gasteiger partial charge in [0, 0.05) is 18.0 Å². The van der Waals surface area contributed by atoms with Crippen LogP contribution in [0.5, 0.6) is 5.75 Å². The number of hydrogen-bond acceptors (Lipinski definition) is 2. The fourth-order valence-corrected chi connectivity index (χ4v) is 1.65. The third-order valence-electron chi connectivity index (χ3n) is 2.49. The first-order valence-electron chi connectivity index (χ1n) is 4.97. The molecular weight excluding hydrogens is 205 g/mol. The third kappa shape index (κ3) is 1.89. The number of hydrogen-bond donors (Lipinski definition) is 0. The van der Waals surface area contributed by atoms with E-state index in [9.17, 15) is 4.39 Å². The van der Waals surface area contributed by atoms with E-state index in [1.807, 2.05) is 6.92 Å². The van der Waals surface area contributed by atoms with E-state index in [0.717, 1.165) is 16.7 Å². The normalized spacial score (nSPS) is 10.2. The summed E-state index contributed by atoms with van der Waals surface area (Å²) in [6.07, 6.45) is 3.33. The van der Waals surface area contributed by atoms with E-state index in [4.69, 9.17) is 4.74 Å². The number of nitrogens with zero attached hydrogens (tertiary/aromatic N) is 1. The predicted octanol–water partition coefficient (Wildman–Crippen LogP) is 3.20. The Balaban J connectivity index is 2.62. The number of methoxy groups -OCH3 is 1. The standard InChI is InChI=1S/C13H12FNO/c1-9-3-4-10(14)7-11(9)12-8-15-6-5-13(12)16-2/h3-8H,1-2H3. The van der Waals surface area contributed by atoms with Crippen molar-refractivity contribution < 1.29 is 9.13 Å². The summed E-state index contributed by atoms with van der Waals surface area (Å²) >= 11 is 0. The van der Waals surface area contributed by atoms with Crippen molar-refractivity contribution in [1.82, 2.24) is 4.98 Å². The van der Waals surface area contributed by atoms with E-state index in [-0.39, 0.29) is 5.82 Å². The van der Waals surface area contributed by atoms with Crippen LogP contribution < -0.4 is 4.74 Å². The molecule has 0 radical (unpaired) electrons. The van der Waals surface area contributed by atoms with E-state index >= 15 is 0 Å². The molecule has 0 spiro atoms. The first kappa shape index (κ1) is 10.6. The molecule has 0 bridgehead atoms. The molecule has 0 aliphatic rings. The number of rotatable bonds is 2. The van der Waals surface area contributed by atoms with Crippen LogP contribution >= 0.6 is 0 Å². The highest BCUT2D eigenvalue weighted by Gasteiger charge is 2.08. The fourth-order valence-electron chi connectivity index (χ4n) is 1.65. The molecule has 82 valence electrons. The number of pyridine rings is 1. The van der Waals surface area contributed by atoms with E-state index in [1.54, 1.807) is 31.6 Å². The second kappa shape index (κ2) is 4.31. The Hall–Kier alpha value is -1.90. The van der Waals surface area contributed by atoms with Crippen LogP contribution in [0.4, 0.5) is 4.39 Å². The highest BCUT2D eigenvalue weighted by atomic mass is 19.1. The maximum Gasteiger partial charge on any atom is 0.129 e. The Morgan fingerprint density at radius 2 is 2.00 bits per heavy atom. The second-order valence-electron chi connectivity index (χ2n) is 3.54. The van der Waals surface area contributed by atoms with Gasteiger partial charge in [0.25, 0.3) is 0 Å². The quantitative estimate of drug-likeness (QED) is 0.770. The van der Waals surface area contributed by atoms with Crippen LogP contribution in [-0.4, -0.2) is 12.1 Å². The van der Waals surface area contributed by atoms with Crippen molar-refractivity contribution in [2.75, 3.05) is 7.11 Å². The van der Waals surface area contributed by atoms with Crippen molar-refractivity contribution in [2.24, 2.45) is 0 Å². The third-order valence-corrected chi connectivity index (χ3v) is 2.49. The lowest BCUT2D eigenvalue weighted by atomic mass is 10.0. The van der Waals surface area contributed by atoms with E-state index in [2.05, 4.69) is 4.98 Å². The Bertz CT molecular complexity index is 511. The Kier molecular flexibility index (Phi) is 2.86. The van der Waals surface area contributed by atoms with Crippen LogP contribution in [-0.2, 0) is 0 Å². The Morgan fingerprint density at radius 3 is 2.75 bits per heavy atom. The zero-order valence-electron chi connectivity index (χ0n) is 9.20. The lowest BCUT2D eigenvalue weighted by molar-refractivity contribution is 0.416. The first-order valence-corrected chi connectivity index (χ1v) is 4.97. The number of ether oxygens (including phenoxy) is 1. The van der Waals surface area contributed by atoms with Gasteiger partial charge in [-0.05, 0) is 36.2 Å². The lowest BCUT2D eigenvalue weighted by Crippen LogP contribution is -1.91. The minimum Gasteiger partial charge on any atom is -0.496 e. The lowest BCUT2D eigenvalue weighted by Gasteiger charge is -2.10. The van der Waals surface area contributed by atoms with Gasteiger partial charge in [-0.1, -0.05) is 6.07 Å². The van der Waals surface area contributed by atoms with Crippen LogP contribution in [0, 0.1) is 12.7 Å². The topological polar surface area (TPSA) is 22.1 Å². The van der Waals surface area contributed by atoms with E-state index < -0.39 is 0 Å². The summed E-state index contributed by atoms with van der Waals surface area (Å²) in [4.78, 5) is 4.04. The van der Waals surface area contributed by atoms with Gasteiger partial charge in [0.05, 0.1) is 7.11 Å². The average Bonchev–Trinajstić information content (AvgIpc) is 2.32. The molecule has 0 atom stereocenters. The number of aryl methyl sites for hydroxylation is 1. The summed E-state index contributed by atoms with van der Waals surface area (Å²) in [5.41, 5.74) is 2.61. The van der Waals surface area contributed by atoms with Gasteiger partial charge in [0.2, 0.25) is 0 Å². The number of halogens is 1. The maximum absolute atomic E-state index is 13.2. The molecule has 0 saturated heterocycles. The zero-order chi connectivity index (χ0) is 11.5. The summed E-state index contributed by atoms with van der Waals surface area (Å²) < 4.78 is 18.4. The van der Waals surface area contributed by atoms with Crippen LogP contribution in [0.25, 0.3) is 11.1 Å². The molecule has 0 aliphatic carbocycles. The molecule has 0 amide bonds. The molecule has 2 aromatic rings. The zero-order valence-corrected chi connectivity index (χ0v) is 9.20. The minimum atomic E-state index is -0.258. The van der Waals surface area contributed by atoms with Crippen molar-refractivity contribution in [3.8, 4) is 16.9 Å². The molecule has 0 fully saturated rings. The minimum absolute atomic E-state index is 0.258. The van der Waals surface area contributed by atoms with Gasteiger partial charge in [0.15, 0.2) is 0 Å². The van der Waals surface area contributed by atoms with Gasteiger partial charge >= 0.3 is 0 Å². The number of benzene rings is 1. The van der Waals surface area contributed by atoms with Gasteiger partial charge in [-0.25, -0.2) is 4.39 Å². The van der Waals surface area contributed by atoms with Crippen molar-refractivity contribution in [3.63, 3.8) is 0 Å². The maximum atomic E-state index is 13.2. The molecule has 0 unspecified atom stereocenters. The largest absolute Gasteiger partial charge is 0.496 e. The van der Waals surface area contributed by atoms with Gasteiger partial charge in [0.1, 0.15) is 11.6 Å². The molecule has 2 nitrogen and oxygen atoms in total. The highest BCUT2D eigenvalue weighted by Crippen LogP contribution is 2.31. The summed E-state index contributed by atoms with van der Waals surface area (Å²) in [5.74, 6) is 0.440. The molecule has 1 heterocycles. The molecular formula is C13H12FNO. The van der Waals surface area contributed by atoms with Gasteiger partial charge in [-0.3, -0.25) is 4.98 Å². The average molecular weight is 217 g/mol. The molecule has 1 aromatic heterocycles. The van der Waals surface area contributed by atoms with Crippen LogP contribution in [0.15, 0.2) is 36.7 Å². The molecule has 0 saturated carbocycles. The molecule has 0 aliphatic heterocycles. The summed E-state index contributed by atoms with van der Waals surface area (Å²) in [6.45, 7) is 1.93. The second-order valence-corrected chi connectivity index (χ2v) is 3.54. The Morgan fingerprint density at radius 1 is 1.19 bits per heavy atom. The number of aromatic nitrogens is 1. The monoisotopic (exact) mass is 217 g/mol. The summed E-state index contributed by atoms with van der Waals surface area (Å²) in [5, 5.41) is 0. The fraction of sp³-hybridized carbons (Fsp3) is 0.154. The van der Waals surface area contributed by atoms with Crippen LogP contribution in [0.2, 0.25) is 0 Å². The SMILES string of the molecule is COc1ccncc1-c1cc(F)ccc1C. The van der Waals surface area contributed by atoms with Crippen LogP contribution in [0.1, 0.15) is 5.56 Å². The van der Waals surface area contributed by atoms with E-state index in [0.29, 0.717) is 5.75 Å². The van der Waals surface area contributed by atoms with Gasteiger partial charge in [-0.15, -0.1) is 0 Å². The highest BCUT2D eigenvalue weighted by molar-refractivity contribution is 5.72. The summed E-state index contributed by atoms with van der Waals surface area (Å²) in [6, 6.07) is 6.45. The molecule has 3 heteroatoms. The molecule has 0 N–H and O–H groups in total.